The third kappa shape index (κ3) is 2.55. The fraction of sp³-hybridized carbons (Fsp3) is 0.467. The highest BCUT2D eigenvalue weighted by Gasteiger charge is 2.12. The van der Waals surface area contributed by atoms with Gasteiger partial charge in [0.25, 0.3) is 0 Å². The molecule has 2 nitrogen and oxygen atoms in total. The molecule has 0 saturated heterocycles. The first-order chi connectivity index (χ1) is 8.65. The summed E-state index contributed by atoms with van der Waals surface area (Å²) in [5, 5.41) is 5.28. The third-order valence-electron chi connectivity index (χ3n) is 3.32. The number of aromatic nitrogens is 1. The molecule has 0 fully saturated rings. The van der Waals surface area contributed by atoms with Crippen LogP contribution in [0.4, 0.5) is 0 Å². The number of rotatable bonds is 5. The van der Waals surface area contributed by atoms with E-state index in [-0.39, 0.29) is 0 Å². The number of fused-ring (bicyclic) bond motifs is 1. The van der Waals surface area contributed by atoms with Gasteiger partial charge in [0.2, 0.25) is 0 Å². The van der Waals surface area contributed by atoms with Crippen molar-refractivity contribution in [3.63, 3.8) is 0 Å². The molecule has 0 aliphatic heterocycles. The second kappa shape index (κ2) is 5.77. The SMILES string of the molecule is CNCCCc1cn(C(C)C)c2cccc(Cl)c12. The molecule has 0 radical (unpaired) electrons. The van der Waals surface area contributed by atoms with Gasteiger partial charge in [-0.2, -0.15) is 0 Å². The lowest BCUT2D eigenvalue weighted by atomic mass is 10.1. The number of aryl methyl sites for hydroxylation is 1. The zero-order chi connectivity index (χ0) is 13.1. The van der Waals surface area contributed by atoms with E-state index in [4.69, 9.17) is 11.6 Å². The fourth-order valence-corrected chi connectivity index (χ4v) is 2.71. The Kier molecular flexibility index (Phi) is 4.31. The van der Waals surface area contributed by atoms with Crippen LogP contribution in [0.1, 0.15) is 31.9 Å². The first-order valence-electron chi connectivity index (χ1n) is 6.57. The van der Waals surface area contributed by atoms with E-state index in [1.165, 1.54) is 16.5 Å². The summed E-state index contributed by atoms with van der Waals surface area (Å²) >= 11 is 6.36. The number of nitrogens with one attached hydrogen (secondary N) is 1. The highest BCUT2D eigenvalue weighted by molar-refractivity contribution is 6.35. The van der Waals surface area contributed by atoms with Crippen LogP contribution in [0.3, 0.4) is 0 Å². The number of hydrogen-bond donors (Lipinski definition) is 1. The van der Waals surface area contributed by atoms with Gasteiger partial charge in [-0.1, -0.05) is 17.7 Å². The molecule has 18 heavy (non-hydrogen) atoms. The van der Waals surface area contributed by atoms with Crippen LogP contribution in [-0.4, -0.2) is 18.2 Å². The zero-order valence-corrected chi connectivity index (χ0v) is 12.1. The molecule has 0 saturated carbocycles. The van der Waals surface area contributed by atoms with Crippen molar-refractivity contribution in [3.05, 3.63) is 35.0 Å². The quantitative estimate of drug-likeness (QED) is 0.807. The Hall–Kier alpha value is -0.990. The summed E-state index contributed by atoms with van der Waals surface area (Å²) in [6.07, 6.45) is 4.47. The Morgan fingerprint density at radius 1 is 1.33 bits per heavy atom. The largest absolute Gasteiger partial charge is 0.345 e. The molecule has 1 heterocycles. The molecule has 0 aliphatic rings. The van der Waals surface area contributed by atoms with Gasteiger partial charge in [0.15, 0.2) is 0 Å². The van der Waals surface area contributed by atoms with E-state index >= 15 is 0 Å². The van der Waals surface area contributed by atoms with E-state index in [1.54, 1.807) is 0 Å². The van der Waals surface area contributed by atoms with Gasteiger partial charge in [-0.15, -0.1) is 0 Å². The Bertz CT molecular complexity index is 529. The van der Waals surface area contributed by atoms with Crippen LogP contribution in [0, 0.1) is 0 Å². The van der Waals surface area contributed by atoms with Gasteiger partial charge < -0.3 is 9.88 Å². The summed E-state index contributed by atoms with van der Waals surface area (Å²) in [5.74, 6) is 0. The van der Waals surface area contributed by atoms with Crippen LogP contribution in [0.25, 0.3) is 10.9 Å². The predicted molar refractivity (Wildman–Crippen MR) is 79.6 cm³/mol. The Morgan fingerprint density at radius 3 is 2.78 bits per heavy atom. The molecule has 0 aliphatic carbocycles. The standard InChI is InChI=1S/C15H21ClN2/c1-11(2)18-10-12(6-5-9-17-3)15-13(16)7-4-8-14(15)18/h4,7-8,10-11,17H,5-6,9H2,1-3H3. The van der Waals surface area contributed by atoms with Gasteiger partial charge in [-0.05, 0) is 58.0 Å². The van der Waals surface area contributed by atoms with E-state index < -0.39 is 0 Å². The second-order valence-electron chi connectivity index (χ2n) is 5.00. The van der Waals surface area contributed by atoms with Gasteiger partial charge in [0, 0.05) is 17.6 Å². The Labute approximate surface area is 114 Å². The lowest BCUT2D eigenvalue weighted by molar-refractivity contribution is 0.619. The van der Waals surface area contributed by atoms with Crippen molar-refractivity contribution in [2.75, 3.05) is 13.6 Å². The van der Waals surface area contributed by atoms with Crippen molar-refractivity contribution in [3.8, 4) is 0 Å². The molecule has 1 N–H and O–H groups in total. The summed E-state index contributed by atoms with van der Waals surface area (Å²) in [6.45, 7) is 5.45. The first kappa shape index (κ1) is 13.4. The molecule has 0 amide bonds. The fourth-order valence-electron chi connectivity index (χ4n) is 2.42. The van der Waals surface area contributed by atoms with E-state index in [2.05, 4.69) is 36.0 Å². The summed E-state index contributed by atoms with van der Waals surface area (Å²) in [4.78, 5) is 0. The minimum absolute atomic E-state index is 0.462. The molecule has 0 spiro atoms. The van der Waals surface area contributed by atoms with Gasteiger partial charge in [0.1, 0.15) is 0 Å². The van der Waals surface area contributed by atoms with Gasteiger partial charge in [0.05, 0.1) is 10.5 Å². The summed E-state index contributed by atoms with van der Waals surface area (Å²) in [6, 6.07) is 6.63. The average molecular weight is 265 g/mol. The molecule has 0 atom stereocenters. The van der Waals surface area contributed by atoms with Crippen molar-refractivity contribution >= 4 is 22.5 Å². The third-order valence-corrected chi connectivity index (χ3v) is 3.63. The molecule has 98 valence electrons. The zero-order valence-electron chi connectivity index (χ0n) is 11.3. The number of halogens is 1. The summed E-state index contributed by atoms with van der Waals surface area (Å²) in [5.41, 5.74) is 2.61. The number of nitrogens with zero attached hydrogens (tertiary/aromatic N) is 1. The maximum absolute atomic E-state index is 6.36. The molecule has 0 bridgehead atoms. The topological polar surface area (TPSA) is 17.0 Å². The van der Waals surface area contributed by atoms with Crippen molar-refractivity contribution in [1.29, 1.82) is 0 Å². The van der Waals surface area contributed by atoms with Gasteiger partial charge in [-0.25, -0.2) is 0 Å². The van der Waals surface area contributed by atoms with Crippen molar-refractivity contribution in [1.82, 2.24) is 9.88 Å². The maximum Gasteiger partial charge on any atom is 0.0502 e. The van der Waals surface area contributed by atoms with Crippen LogP contribution >= 0.6 is 11.6 Å². The summed E-state index contributed by atoms with van der Waals surface area (Å²) < 4.78 is 2.32. The molecule has 2 rings (SSSR count). The van der Waals surface area contributed by atoms with Crippen molar-refractivity contribution in [2.45, 2.75) is 32.7 Å². The van der Waals surface area contributed by atoms with E-state index in [0.29, 0.717) is 6.04 Å². The first-order valence-corrected chi connectivity index (χ1v) is 6.95. The minimum Gasteiger partial charge on any atom is -0.345 e. The van der Waals surface area contributed by atoms with Gasteiger partial charge >= 0.3 is 0 Å². The van der Waals surface area contributed by atoms with E-state index in [9.17, 15) is 0 Å². The molecular weight excluding hydrogens is 244 g/mol. The number of benzene rings is 1. The lowest BCUT2D eigenvalue weighted by Crippen LogP contribution is -2.08. The second-order valence-corrected chi connectivity index (χ2v) is 5.40. The maximum atomic E-state index is 6.36. The normalized spacial score (nSPS) is 11.6. The van der Waals surface area contributed by atoms with Crippen molar-refractivity contribution < 1.29 is 0 Å². The predicted octanol–water partition coefficient (Wildman–Crippen LogP) is 4.03. The molecule has 0 unspecified atom stereocenters. The van der Waals surface area contributed by atoms with E-state index in [0.717, 1.165) is 24.4 Å². The van der Waals surface area contributed by atoms with E-state index in [1.807, 2.05) is 19.2 Å². The van der Waals surface area contributed by atoms with Crippen LogP contribution in [0.5, 0.6) is 0 Å². The highest BCUT2D eigenvalue weighted by atomic mass is 35.5. The smallest absolute Gasteiger partial charge is 0.0502 e. The van der Waals surface area contributed by atoms with Crippen LogP contribution in [-0.2, 0) is 6.42 Å². The molecule has 1 aromatic carbocycles. The molecular formula is C15H21ClN2. The monoisotopic (exact) mass is 264 g/mol. The minimum atomic E-state index is 0.462. The molecule has 2 aromatic rings. The molecule has 3 heteroatoms. The Balaban J connectivity index is 2.45. The van der Waals surface area contributed by atoms with Crippen LogP contribution in [0.2, 0.25) is 5.02 Å². The van der Waals surface area contributed by atoms with Crippen LogP contribution < -0.4 is 5.32 Å². The van der Waals surface area contributed by atoms with Crippen molar-refractivity contribution in [2.24, 2.45) is 0 Å². The average Bonchev–Trinajstić information content (AvgIpc) is 2.70. The number of hydrogen-bond acceptors (Lipinski definition) is 1. The lowest BCUT2D eigenvalue weighted by Gasteiger charge is -2.08. The molecule has 1 aromatic heterocycles. The van der Waals surface area contributed by atoms with Gasteiger partial charge in [-0.3, -0.25) is 0 Å². The Morgan fingerprint density at radius 2 is 2.11 bits per heavy atom. The highest BCUT2D eigenvalue weighted by Crippen LogP contribution is 2.31. The van der Waals surface area contributed by atoms with Crippen LogP contribution in [0.15, 0.2) is 24.4 Å². The summed E-state index contributed by atoms with van der Waals surface area (Å²) in [7, 11) is 1.99.